The highest BCUT2D eigenvalue weighted by molar-refractivity contribution is 7.00. The minimum Gasteiger partial charge on any atom is -0.468 e. The Kier molecular flexibility index (Phi) is 10.1. The summed E-state index contributed by atoms with van der Waals surface area (Å²) in [4.78, 5) is 5.41. The van der Waals surface area contributed by atoms with Gasteiger partial charge in [0.2, 0.25) is 0 Å². The lowest BCUT2D eigenvalue weighted by atomic mass is 9.35. The van der Waals surface area contributed by atoms with Gasteiger partial charge >= 0.3 is 0 Å². The van der Waals surface area contributed by atoms with Gasteiger partial charge in [-0.05, 0) is 228 Å². The quantitative estimate of drug-likeness (QED) is 0.165. The van der Waals surface area contributed by atoms with Crippen LogP contribution in [-0.2, 0) is 43.3 Å². The summed E-state index contributed by atoms with van der Waals surface area (Å²) in [6.45, 7) is 41.7. The molecule has 0 N–H and O–H groups in total. The van der Waals surface area contributed by atoms with E-state index in [9.17, 15) is 0 Å². The van der Waals surface area contributed by atoms with Crippen molar-refractivity contribution >= 4 is 68.4 Å². The van der Waals surface area contributed by atoms with Crippen LogP contribution in [0.3, 0.4) is 0 Å². The third kappa shape index (κ3) is 7.04. The fraction of sp³-hybridized carbons (Fsp3) is 0.465. The fourth-order valence-electron chi connectivity index (χ4n) is 15.6. The van der Waals surface area contributed by atoms with Crippen molar-refractivity contribution < 1.29 is 4.42 Å². The molecular weight excluding hydrogens is 908 g/mol. The van der Waals surface area contributed by atoms with Gasteiger partial charge in [-0.3, -0.25) is 0 Å². The number of hydrogen-bond donors (Lipinski definition) is 0. The van der Waals surface area contributed by atoms with Gasteiger partial charge in [0.1, 0.15) is 5.58 Å². The van der Waals surface area contributed by atoms with Crippen LogP contribution >= 0.6 is 0 Å². The molecule has 3 heterocycles. The molecule has 13 rings (SSSR count). The third-order valence-electron chi connectivity index (χ3n) is 21.3. The highest BCUT2D eigenvalue weighted by atomic mass is 16.3. The summed E-state index contributed by atoms with van der Waals surface area (Å²) in [5, 5.41) is 1.23. The van der Waals surface area contributed by atoms with Crippen molar-refractivity contribution in [2.45, 2.75) is 212 Å². The molecule has 0 radical (unpaired) electrons. The van der Waals surface area contributed by atoms with Gasteiger partial charge in [-0.25, -0.2) is 0 Å². The van der Waals surface area contributed by atoms with E-state index in [1.165, 1.54) is 131 Å². The monoisotopic (exact) mass is 991 g/mol. The van der Waals surface area contributed by atoms with E-state index in [0.717, 1.165) is 43.3 Å². The van der Waals surface area contributed by atoms with Crippen LogP contribution in [0.1, 0.15) is 212 Å². The highest BCUT2D eigenvalue weighted by Gasteiger charge is 2.51. The maximum absolute atomic E-state index is 7.84. The number of nitrogens with zero attached hydrogens (tertiary/aromatic N) is 2. The molecular formula is C71H83BN2O. The molecule has 2 aliphatic heterocycles. The first-order valence-electron chi connectivity index (χ1n) is 29.0. The van der Waals surface area contributed by atoms with Crippen LogP contribution in [0.25, 0.3) is 22.1 Å². The van der Waals surface area contributed by atoms with E-state index in [1.807, 2.05) is 0 Å². The summed E-state index contributed by atoms with van der Waals surface area (Å²) in [5.41, 5.74) is 28.2. The third-order valence-corrected chi connectivity index (χ3v) is 21.3. The van der Waals surface area contributed by atoms with E-state index in [4.69, 9.17) is 4.42 Å². The van der Waals surface area contributed by atoms with Crippen molar-refractivity contribution in [1.82, 2.24) is 0 Å². The molecule has 0 unspecified atom stereocenters. The Hall–Kier alpha value is -5.48. The molecule has 4 heteroatoms. The molecule has 0 atom stereocenters. The first-order valence-corrected chi connectivity index (χ1v) is 29.0. The molecule has 0 saturated carbocycles. The first kappa shape index (κ1) is 49.1. The maximum Gasteiger partial charge on any atom is 0.297 e. The Morgan fingerprint density at radius 2 is 0.813 bits per heavy atom. The van der Waals surface area contributed by atoms with Crippen molar-refractivity contribution in [2.75, 3.05) is 9.80 Å². The molecule has 1 aromatic heterocycles. The molecule has 4 aliphatic carbocycles. The average Bonchev–Trinajstić information content (AvgIpc) is 3.74. The lowest BCUT2D eigenvalue weighted by Crippen LogP contribution is -2.61. The minimum absolute atomic E-state index is 0.0152. The molecule has 0 spiro atoms. The van der Waals surface area contributed by atoms with Gasteiger partial charge in [0, 0.05) is 33.8 Å². The van der Waals surface area contributed by atoms with Crippen LogP contribution in [0.15, 0.2) is 101 Å². The lowest BCUT2D eigenvalue weighted by molar-refractivity contribution is 0.332. The minimum atomic E-state index is -0.143. The Morgan fingerprint density at radius 1 is 0.400 bits per heavy atom. The zero-order chi connectivity index (χ0) is 53.1. The number of benzene rings is 6. The van der Waals surface area contributed by atoms with Crippen molar-refractivity contribution in [2.24, 2.45) is 0 Å². The second-order valence-electron chi connectivity index (χ2n) is 30.0. The standard InChI is InChI=1S/C71H83BN2O/c1-42-20-18-19-21-46(42)43-34-58-61-59(35-43)74(45-23-25-49-51(37-45)67(8,9)29-27-65(49,4)5)62-47-38-52-55(71(16,17)33-30-68(52,10)11)41-60(47)75-63(62)72(61)56-39-53-54(70(14,15)32-31-69(53,12)13)40-57(56)73(58)44-22-24-48-50(36-44)66(6,7)28-26-64(48,2)3/h18-25,34-41H,26-33H2,1-17H3. The summed E-state index contributed by atoms with van der Waals surface area (Å²) < 4.78 is 7.84. The molecule has 0 saturated heterocycles. The van der Waals surface area contributed by atoms with Crippen LogP contribution in [-0.4, -0.2) is 6.71 Å². The SMILES string of the molecule is Cc1ccccc1-c1cc2c3c(c1)N(c1ccc4c(c1)C(C)(C)CCC4(C)C)c1c(oc4cc5c(cc14)C(C)(C)CCC5(C)C)B3c1cc3c(cc1N2c1ccc2c(c1)C(C)(C)CCC2(C)C)C(C)(C)CCC3(C)C. The Labute approximate surface area is 451 Å². The zero-order valence-electron chi connectivity index (χ0n) is 48.8. The Morgan fingerprint density at radius 3 is 1.32 bits per heavy atom. The van der Waals surface area contributed by atoms with Crippen LogP contribution in [0.4, 0.5) is 34.1 Å². The van der Waals surface area contributed by atoms with E-state index in [2.05, 4.69) is 225 Å². The van der Waals surface area contributed by atoms with Gasteiger partial charge in [0.25, 0.3) is 6.71 Å². The second kappa shape index (κ2) is 15.4. The molecule has 6 aromatic carbocycles. The highest BCUT2D eigenvalue weighted by Crippen LogP contribution is 2.56. The molecule has 0 bridgehead atoms. The van der Waals surface area contributed by atoms with Crippen molar-refractivity contribution in [3.05, 3.63) is 147 Å². The van der Waals surface area contributed by atoms with E-state index in [1.54, 1.807) is 0 Å². The number of fused-ring (bicyclic) bond motifs is 10. The summed E-state index contributed by atoms with van der Waals surface area (Å²) in [6.07, 6.45) is 9.32. The number of furan rings is 1. The van der Waals surface area contributed by atoms with Crippen LogP contribution in [0, 0.1) is 6.92 Å². The van der Waals surface area contributed by atoms with Gasteiger partial charge in [-0.15, -0.1) is 0 Å². The second-order valence-corrected chi connectivity index (χ2v) is 30.0. The Balaban J connectivity index is 1.20. The summed E-state index contributed by atoms with van der Waals surface area (Å²) >= 11 is 0. The van der Waals surface area contributed by atoms with Crippen LogP contribution in [0.2, 0.25) is 0 Å². The smallest absolute Gasteiger partial charge is 0.297 e. The van der Waals surface area contributed by atoms with Gasteiger partial charge in [0.05, 0.1) is 11.3 Å². The van der Waals surface area contributed by atoms with Crippen molar-refractivity contribution in [3.63, 3.8) is 0 Å². The number of rotatable bonds is 3. The van der Waals surface area contributed by atoms with E-state index < -0.39 is 0 Å². The predicted molar refractivity (Wildman–Crippen MR) is 322 cm³/mol. The van der Waals surface area contributed by atoms with Gasteiger partial charge in [-0.2, -0.15) is 0 Å². The van der Waals surface area contributed by atoms with Gasteiger partial charge in [0.15, 0.2) is 0 Å². The molecule has 7 aromatic rings. The summed E-state index contributed by atoms with van der Waals surface area (Å²) in [6, 6.07) is 39.8. The number of hydrogen-bond acceptors (Lipinski definition) is 3. The average molecular weight is 991 g/mol. The molecule has 75 heavy (non-hydrogen) atoms. The lowest BCUT2D eigenvalue weighted by Gasteiger charge is -2.47. The molecule has 3 nitrogen and oxygen atoms in total. The predicted octanol–water partition coefficient (Wildman–Crippen LogP) is 17.9. The fourth-order valence-corrected chi connectivity index (χ4v) is 15.6. The van der Waals surface area contributed by atoms with Gasteiger partial charge in [-0.1, -0.05) is 153 Å². The summed E-state index contributed by atoms with van der Waals surface area (Å²) in [7, 11) is 0. The number of aryl methyl sites for hydroxylation is 1. The maximum atomic E-state index is 7.84. The molecule has 386 valence electrons. The Bertz CT molecular complexity index is 3600. The largest absolute Gasteiger partial charge is 0.468 e. The topological polar surface area (TPSA) is 19.6 Å². The van der Waals surface area contributed by atoms with Crippen molar-refractivity contribution in [3.8, 4) is 11.1 Å². The van der Waals surface area contributed by atoms with E-state index in [0.29, 0.717) is 0 Å². The molecule has 0 amide bonds. The molecule has 6 aliphatic rings. The first-order chi connectivity index (χ1) is 35.0. The van der Waals surface area contributed by atoms with Gasteiger partial charge < -0.3 is 14.2 Å². The molecule has 0 fully saturated rings. The van der Waals surface area contributed by atoms with Crippen LogP contribution in [0.5, 0.6) is 0 Å². The zero-order valence-corrected chi connectivity index (χ0v) is 48.8. The number of anilines is 6. The summed E-state index contributed by atoms with van der Waals surface area (Å²) in [5.74, 6) is 0. The van der Waals surface area contributed by atoms with E-state index >= 15 is 0 Å². The normalized spacial score (nSPS) is 22.0. The van der Waals surface area contributed by atoms with Crippen LogP contribution < -0.4 is 26.4 Å². The van der Waals surface area contributed by atoms with E-state index in [-0.39, 0.29) is 50.0 Å². The van der Waals surface area contributed by atoms with Crippen molar-refractivity contribution in [1.29, 1.82) is 0 Å².